The Kier molecular flexibility index (Phi) is 4.24. The molecular formula is C14H16N2O4. The molecule has 1 N–H and O–H groups in total. The summed E-state index contributed by atoms with van der Waals surface area (Å²) in [6, 6.07) is 7.23. The Bertz CT molecular complexity index is 607. The fourth-order valence-electron chi connectivity index (χ4n) is 1.90. The average molecular weight is 276 g/mol. The van der Waals surface area contributed by atoms with Crippen molar-refractivity contribution in [3.8, 4) is 11.5 Å². The fourth-order valence-corrected chi connectivity index (χ4v) is 1.90. The van der Waals surface area contributed by atoms with Gasteiger partial charge in [-0.2, -0.15) is 0 Å². The predicted molar refractivity (Wildman–Crippen MR) is 72.2 cm³/mol. The Morgan fingerprint density at radius 1 is 1.40 bits per heavy atom. The monoisotopic (exact) mass is 276 g/mol. The third-order valence-electron chi connectivity index (χ3n) is 2.87. The van der Waals surface area contributed by atoms with Crippen LogP contribution in [0.3, 0.4) is 0 Å². The van der Waals surface area contributed by atoms with E-state index in [2.05, 4.69) is 4.98 Å². The Morgan fingerprint density at radius 3 is 2.80 bits per heavy atom. The number of benzene rings is 1. The van der Waals surface area contributed by atoms with E-state index in [1.807, 2.05) is 25.1 Å². The second kappa shape index (κ2) is 6.10. The maximum absolute atomic E-state index is 11.0. The molecule has 2 rings (SSSR count). The molecule has 0 aliphatic heterocycles. The summed E-state index contributed by atoms with van der Waals surface area (Å²) in [7, 11) is 1.59. The third kappa shape index (κ3) is 2.90. The number of carbonyl (C=O) groups is 1. The lowest BCUT2D eigenvalue weighted by atomic mass is 10.3. The molecule has 0 radical (unpaired) electrons. The smallest absolute Gasteiger partial charge is 0.372 e. The highest BCUT2D eigenvalue weighted by Gasteiger charge is 2.14. The van der Waals surface area contributed by atoms with Crippen molar-refractivity contribution < 1.29 is 19.4 Å². The molecule has 1 aromatic heterocycles. The van der Waals surface area contributed by atoms with Gasteiger partial charge in [0.05, 0.1) is 19.0 Å². The second-order valence-electron chi connectivity index (χ2n) is 4.09. The lowest BCUT2D eigenvalue weighted by molar-refractivity contribution is 0.0677. The van der Waals surface area contributed by atoms with Crippen molar-refractivity contribution in [1.82, 2.24) is 9.55 Å². The highest BCUT2D eigenvalue weighted by molar-refractivity contribution is 5.83. The minimum Gasteiger partial charge on any atom is -0.497 e. The van der Waals surface area contributed by atoms with Crippen LogP contribution in [0.5, 0.6) is 11.5 Å². The van der Waals surface area contributed by atoms with E-state index in [1.165, 1.54) is 6.20 Å². The summed E-state index contributed by atoms with van der Waals surface area (Å²) in [6.45, 7) is 2.64. The second-order valence-corrected chi connectivity index (χ2v) is 4.09. The number of methoxy groups -OCH3 is 1. The summed E-state index contributed by atoms with van der Waals surface area (Å²) in [6.07, 6.45) is 1.52. The lowest BCUT2D eigenvalue weighted by Gasteiger charge is -2.10. The highest BCUT2D eigenvalue weighted by atomic mass is 16.5. The van der Waals surface area contributed by atoms with Gasteiger partial charge in [0.2, 0.25) is 5.82 Å². The van der Waals surface area contributed by atoms with Gasteiger partial charge >= 0.3 is 5.97 Å². The largest absolute Gasteiger partial charge is 0.497 e. The van der Waals surface area contributed by atoms with E-state index in [0.717, 1.165) is 0 Å². The van der Waals surface area contributed by atoms with Crippen molar-refractivity contribution in [1.29, 1.82) is 0 Å². The van der Waals surface area contributed by atoms with Gasteiger partial charge in [-0.3, -0.25) is 0 Å². The molecule has 0 unspecified atom stereocenters. The maximum Gasteiger partial charge on any atom is 0.372 e. The number of aromatic carboxylic acids is 1. The SMILES string of the molecule is CCn1c(COc2cccc(OC)c2)cnc1C(=O)O. The molecule has 6 heteroatoms. The summed E-state index contributed by atoms with van der Waals surface area (Å²) in [5.74, 6) is 0.346. The fraction of sp³-hybridized carbons (Fsp3) is 0.286. The van der Waals surface area contributed by atoms with Crippen LogP contribution in [0, 0.1) is 0 Å². The van der Waals surface area contributed by atoms with Gasteiger partial charge in [0, 0.05) is 12.6 Å². The first-order valence-corrected chi connectivity index (χ1v) is 6.20. The summed E-state index contributed by atoms with van der Waals surface area (Å²) in [4.78, 5) is 14.9. The molecule has 0 saturated carbocycles. The zero-order valence-electron chi connectivity index (χ0n) is 11.4. The number of aromatic nitrogens is 2. The molecule has 1 aromatic carbocycles. The molecule has 0 spiro atoms. The van der Waals surface area contributed by atoms with Gasteiger partial charge in [0.15, 0.2) is 0 Å². The maximum atomic E-state index is 11.0. The Labute approximate surface area is 116 Å². The van der Waals surface area contributed by atoms with E-state index < -0.39 is 5.97 Å². The van der Waals surface area contributed by atoms with Gasteiger partial charge < -0.3 is 19.1 Å². The summed E-state index contributed by atoms with van der Waals surface area (Å²) in [5.41, 5.74) is 0.715. The van der Waals surface area contributed by atoms with Crippen LogP contribution in [0.4, 0.5) is 0 Å². The van der Waals surface area contributed by atoms with Crippen LogP contribution in [0.2, 0.25) is 0 Å². The Balaban J connectivity index is 2.12. The number of rotatable bonds is 6. The summed E-state index contributed by atoms with van der Waals surface area (Å²) < 4.78 is 12.4. The van der Waals surface area contributed by atoms with Crippen molar-refractivity contribution in [2.24, 2.45) is 0 Å². The topological polar surface area (TPSA) is 73.6 Å². The number of carboxylic acid groups (broad SMARTS) is 1. The van der Waals surface area contributed by atoms with E-state index in [0.29, 0.717) is 23.7 Å². The molecular weight excluding hydrogens is 260 g/mol. The number of ether oxygens (including phenoxy) is 2. The molecule has 0 fully saturated rings. The molecule has 0 amide bonds. The molecule has 106 valence electrons. The zero-order chi connectivity index (χ0) is 14.5. The Morgan fingerprint density at radius 2 is 2.15 bits per heavy atom. The Hall–Kier alpha value is -2.50. The van der Waals surface area contributed by atoms with Crippen LogP contribution >= 0.6 is 0 Å². The third-order valence-corrected chi connectivity index (χ3v) is 2.87. The number of nitrogens with zero attached hydrogens (tertiary/aromatic N) is 2. The molecule has 0 aliphatic carbocycles. The van der Waals surface area contributed by atoms with Crippen molar-refractivity contribution in [3.63, 3.8) is 0 Å². The zero-order valence-corrected chi connectivity index (χ0v) is 11.4. The van der Waals surface area contributed by atoms with Gasteiger partial charge in [-0.15, -0.1) is 0 Å². The van der Waals surface area contributed by atoms with Gasteiger partial charge in [-0.05, 0) is 19.1 Å². The highest BCUT2D eigenvalue weighted by Crippen LogP contribution is 2.20. The van der Waals surface area contributed by atoms with Crippen molar-refractivity contribution in [3.05, 3.63) is 42.0 Å². The molecule has 2 aromatic rings. The van der Waals surface area contributed by atoms with E-state index >= 15 is 0 Å². The molecule has 0 saturated heterocycles. The first-order chi connectivity index (χ1) is 9.65. The normalized spacial score (nSPS) is 10.3. The molecule has 1 heterocycles. The van der Waals surface area contributed by atoms with Gasteiger partial charge in [0.25, 0.3) is 0 Å². The number of imidazole rings is 1. The standard InChI is InChI=1S/C14H16N2O4/c1-3-16-10(8-15-13(16)14(17)18)9-20-12-6-4-5-11(7-12)19-2/h4-8H,3,9H2,1-2H3,(H,17,18). The summed E-state index contributed by atoms with van der Waals surface area (Å²) in [5, 5.41) is 9.02. The van der Waals surface area contributed by atoms with E-state index in [9.17, 15) is 4.79 Å². The van der Waals surface area contributed by atoms with Crippen molar-refractivity contribution in [2.45, 2.75) is 20.1 Å². The van der Waals surface area contributed by atoms with Crippen molar-refractivity contribution in [2.75, 3.05) is 7.11 Å². The van der Waals surface area contributed by atoms with Crippen LogP contribution in [0.25, 0.3) is 0 Å². The number of hydrogen-bond donors (Lipinski definition) is 1. The van der Waals surface area contributed by atoms with Crippen LogP contribution in [0.1, 0.15) is 23.2 Å². The van der Waals surface area contributed by atoms with Crippen LogP contribution < -0.4 is 9.47 Å². The van der Waals surface area contributed by atoms with Crippen LogP contribution in [-0.2, 0) is 13.2 Å². The quantitative estimate of drug-likeness (QED) is 0.875. The minimum atomic E-state index is -1.04. The lowest BCUT2D eigenvalue weighted by Crippen LogP contribution is -2.12. The van der Waals surface area contributed by atoms with Crippen LogP contribution in [0.15, 0.2) is 30.5 Å². The summed E-state index contributed by atoms with van der Waals surface area (Å²) >= 11 is 0. The van der Waals surface area contributed by atoms with E-state index in [1.54, 1.807) is 17.7 Å². The average Bonchev–Trinajstić information content (AvgIpc) is 2.88. The number of carboxylic acids is 1. The van der Waals surface area contributed by atoms with Gasteiger partial charge in [-0.25, -0.2) is 9.78 Å². The molecule has 0 aliphatic rings. The number of hydrogen-bond acceptors (Lipinski definition) is 4. The molecule has 0 atom stereocenters. The van der Waals surface area contributed by atoms with Crippen molar-refractivity contribution >= 4 is 5.97 Å². The first-order valence-electron chi connectivity index (χ1n) is 6.20. The van der Waals surface area contributed by atoms with E-state index in [4.69, 9.17) is 14.6 Å². The molecule has 0 bridgehead atoms. The first kappa shape index (κ1) is 13.9. The van der Waals surface area contributed by atoms with Gasteiger partial charge in [-0.1, -0.05) is 6.07 Å². The van der Waals surface area contributed by atoms with Gasteiger partial charge in [0.1, 0.15) is 18.1 Å². The molecule has 20 heavy (non-hydrogen) atoms. The van der Waals surface area contributed by atoms with Crippen LogP contribution in [-0.4, -0.2) is 27.7 Å². The predicted octanol–water partition coefficient (Wildman–Crippen LogP) is 2.19. The minimum absolute atomic E-state index is 0.0248. The molecule has 6 nitrogen and oxygen atoms in total. The van der Waals surface area contributed by atoms with E-state index in [-0.39, 0.29) is 12.4 Å².